The molecule has 0 spiro atoms. The predicted molar refractivity (Wildman–Crippen MR) is 61.2 cm³/mol. The van der Waals surface area contributed by atoms with E-state index in [2.05, 4.69) is 5.10 Å². The number of nitrogens with two attached hydrogens (primary N) is 1. The van der Waals surface area contributed by atoms with Gasteiger partial charge in [-0.25, -0.2) is 5.84 Å². The first-order valence-electron chi connectivity index (χ1n) is 5.67. The third-order valence-corrected chi connectivity index (χ3v) is 3.25. The van der Waals surface area contributed by atoms with Gasteiger partial charge in [-0.3, -0.25) is 14.9 Å². The van der Waals surface area contributed by atoms with Gasteiger partial charge in [0.15, 0.2) is 5.69 Å². The minimum atomic E-state index is -4.60. The van der Waals surface area contributed by atoms with Crippen LogP contribution in [-0.2, 0) is 17.5 Å². The van der Waals surface area contributed by atoms with Gasteiger partial charge in [0.25, 0.3) is 0 Å². The number of halogens is 4. The van der Waals surface area contributed by atoms with Crippen LogP contribution in [0.1, 0.15) is 36.6 Å². The van der Waals surface area contributed by atoms with Crippen molar-refractivity contribution in [3.63, 3.8) is 0 Å². The standard InChI is InChI=1S/C10H12ClF3N4O/c11-7-8(5-1-2-5)18(4-3-6(19)16-15)17-9(7)10(12,13)14/h5H,1-4,15H2,(H,16,19). The van der Waals surface area contributed by atoms with Crippen molar-refractivity contribution in [2.75, 3.05) is 0 Å². The summed E-state index contributed by atoms with van der Waals surface area (Å²) < 4.78 is 39.4. The predicted octanol–water partition coefficient (Wildman–Crippen LogP) is 1.81. The van der Waals surface area contributed by atoms with Gasteiger partial charge in [-0.05, 0) is 12.8 Å². The first kappa shape index (κ1) is 14.1. The number of hydrazine groups is 1. The highest BCUT2D eigenvalue weighted by Gasteiger charge is 2.41. The van der Waals surface area contributed by atoms with Gasteiger partial charge in [0.1, 0.15) is 0 Å². The molecule has 0 unspecified atom stereocenters. The van der Waals surface area contributed by atoms with Crippen molar-refractivity contribution in [2.24, 2.45) is 5.84 Å². The van der Waals surface area contributed by atoms with Gasteiger partial charge in [-0.15, -0.1) is 0 Å². The van der Waals surface area contributed by atoms with Crippen molar-refractivity contribution >= 4 is 17.5 Å². The summed E-state index contributed by atoms with van der Waals surface area (Å²) in [5.41, 5.74) is 1.18. The summed E-state index contributed by atoms with van der Waals surface area (Å²) in [6.45, 7) is 0.0185. The van der Waals surface area contributed by atoms with Crippen LogP contribution in [0.25, 0.3) is 0 Å². The molecule has 1 aliphatic carbocycles. The average molecular weight is 297 g/mol. The van der Waals surface area contributed by atoms with Crippen molar-refractivity contribution < 1.29 is 18.0 Å². The fourth-order valence-electron chi connectivity index (χ4n) is 1.83. The summed E-state index contributed by atoms with van der Waals surface area (Å²) in [6, 6.07) is 0. The summed E-state index contributed by atoms with van der Waals surface area (Å²) in [7, 11) is 0. The summed E-state index contributed by atoms with van der Waals surface area (Å²) in [4.78, 5) is 11.0. The van der Waals surface area contributed by atoms with Gasteiger partial charge in [-0.2, -0.15) is 18.3 Å². The molecule has 0 aromatic carbocycles. The highest BCUT2D eigenvalue weighted by molar-refractivity contribution is 6.32. The number of rotatable bonds is 4. The van der Waals surface area contributed by atoms with Gasteiger partial charge in [0, 0.05) is 12.3 Å². The molecule has 9 heteroatoms. The molecule has 1 aliphatic rings. The number of amides is 1. The van der Waals surface area contributed by atoms with E-state index in [9.17, 15) is 18.0 Å². The summed E-state index contributed by atoms with van der Waals surface area (Å²) in [5, 5.41) is 3.13. The summed E-state index contributed by atoms with van der Waals surface area (Å²) >= 11 is 5.77. The first-order valence-corrected chi connectivity index (χ1v) is 6.05. The zero-order valence-electron chi connectivity index (χ0n) is 9.80. The first-order chi connectivity index (χ1) is 8.84. The van der Waals surface area contributed by atoms with Crippen LogP contribution in [-0.4, -0.2) is 15.7 Å². The Morgan fingerprint density at radius 3 is 2.63 bits per heavy atom. The van der Waals surface area contributed by atoms with Crippen molar-refractivity contribution in [3.8, 4) is 0 Å². The summed E-state index contributed by atoms with van der Waals surface area (Å²) in [5.74, 6) is 4.44. The molecule has 1 saturated carbocycles. The van der Waals surface area contributed by atoms with E-state index >= 15 is 0 Å². The Morgan fingerprint density at radius 1 is 1.53 bits per heavy atom. The lowest BCUT2D eigenvalue weighted by molar-refractivity contribution is -0.141. The number of hydrogen-bond acceptors (Lipinski definition) is 3. The Hall–Kier alpha value is -1.28. The molecule has 2 rings (SSSR count). The normalized spacial score (nSPS) is 15.6. The van der Waals surface area contributed by atoms with E-state index < -0.39 is 17.8 Å². The van der Waals surface area contributed by atoms with Crippen LogP contribution in [0.4, 0.5) is 13.2 Å². The topological polar surface area (TPSA) is 72.9 Å². The van der Waals surface area contributed by atoms with E-state index in [1.807, 2.05) is 5.43 Å². The molecule has 19 heavy (non-hydrogen) atoms. The maximum absolute atomic E-state index is 12.7. The van der Waals surface area contributed by atoms with Crippen LogP contribution < -0.4 is 11.3 Å². The second-order valence-electron chi connectivity index (χ2n) is 4.36. The minimum absolute atomic E-state index is 0.00274. The SMILES string of the molecule is NNC(=O)CCn1nc(C(F)(F)F)c(Cl)c1C1CC1. The van der Waals surface area contributed by atoms with Crippen LogP contribution >= 0.6 is 11.6 Å². The van der Waals surface area contributed by atoms with Crippen LogP contribution in [0.3, 0.4) is 0 Å². The second-order valence-corrected chi connectivity index (χ2v) is 4.74. The van der Waals surface area contributed by atoms with E-state index in [1.165, 1.54) is 0 Å². The number of carbonyl (C=O) groups excluding carboxylic acids is 1. The lowest BCUT2D eigenvalue weighted by atomic mass is 10.2. The van der Waals surface area contributed by atoms with E-state index in [1.54, 1.807) is 0 Å². The van der Waals surface area contributed by atoms with Crippen molar-refractivity contribution in [3.05, 3.63) is 16.4 Å². The molecular formula is C10H12ClF3N4O. The third-order valence-electron chi connectivity index (χ3n) is 2.88. The summed E-state index contributed by atoms with van der Waals surface area (Å²) in [6.07, 6.45) is -3.08. The Labute approximate surface area is 111 Å². The van der Waals surface area contributed by atoms with Crippen molar-refractivity contribution in [1.82, 2.24) is 15.2 Å². The zero-order chi connectivity index (χ0) is 14.2. The van der Waals surface area contributed by atoms with E-state index in [-0.39, 0.29) is 23.9 Å². The molecule has 1 fully saturated rings. The molecule has 0 atom stereocenters. The number of hydrogen-bond donors (Lipinski definition) is 2. The largest absolute Gasteiger partial charge is 0.436 e. The van der Waals surface area contributed by atoms with Crippen molar-refractivity contribution in [2.45, 2.75) is 37.9 Å². The third kappa shape index (κ3) is 3.01. The second kappa shape index (κ2) is 5.01. The molecule has 5 nitrogen and oxygen atoms in total. The molecule has 3 N–H and O–H groups in total. The molecule has 0 aliphatic heterocycles. The van der Waals surface area contributed by atoms with Gasteiger partial charge in [0.2, 0.25) is 5.91 Å². The Kier molecular flexibility index (Phi) is 3.73. The Morgan fingerprint density at radius 2 is 2.16 bits per heavy atom. The maximum atomic E-state index is 12.7. The average Bonchev–Trinajstić information content (AvgIpc) is 3.09. The Bertz CT molecular complexity index is 496. The van der Waals surface area contributed by atoms with Crippen molar-refractivity contribution in [1.29, 1.82) is 0 Å². The monoisotopic (exact) mass is 296 g/mol. The van der Waals surface area contributed by atoms with Crippen LogP contribution in [0.15, 0.2) is 0 Å². The van der Waals surface area contributed by atoms with Crippen LogP contribution in [0, 0.1) is 0 Å². The number of aromatic nitrogens is 2. The van der Waals surface area contributed by atoms with E-state index in [0.29, 0.717) is 5.69 Å². The molecule has 0 bridgehead atoms. The van der Waals surface area contributed by atoms with Gasteiger partial charge in [-0.1, -0.05) is 11.6 Å². The number of alkyl halides is 3. The molecule has 106 valence electrons. The van der Waals surface area contributed by atoms with E-state index in [0.717, 1.165) is 17.5 Å². The maximum Gasteiger partial charge on any atom is 0.436 e. The van der Waals surface area contributed by atoms with Gasteiger partial charge in [0.05, 0.1) is 17.3 Å². The highest BCUT2D eigenvalue weighted by atomic mass is 35.5. The molecule has 1 heterocycles. The molecule has 0 saturated heterocycles. The quantitative estimate of drug-likeness (QED) is 0.506. The van der Waals surface area contributed by atoms with Gasteiger partial charge >= 0.3 is 6.18 Å². The molecule has 1 amide bonds. The fraction of sp³-hybridized carbons (Fsp3) is 0.600. The molecule has 1 aromatic heterocycles. The lowest BCUT2D eigenvalue weighted by Gasteiger charge is -2.05. The zero-order valence-corrected chi connectivity index (χ0v) is 10.6. The molecule has 0 radical (unpaired) electrons. The molecule has 1 aromatic rings. The number of aryl methyl sites for hydroxylation is 1. The van der Waals surface area contributed by atoms with Crippen LogP contribution in [0.5, 0.6) is 0 Å². The highest BCUT2D eigenvalue weighted by Crippen LogP contribution is 2.46. The number of nitrogens with zero attached hydrogens (tertiary/aromatic N) is 2. The van der Waals surface area contributed by atoms with Crippen LogP contribution in [0.2, 0.25) is 5.02 Å². The number of nitrogens with one attached hydrogen (secondary N) is 1. The Balaban J connectivity index is 2.28. The fourth-order valence-corrected chi connectivity index (χ4v) is 2.23. The van der Waals surface area contributed by atoms with Gasteiger partial charge < -0.3 is 0 Å². The minimum Gasteiger partial charge on any atom is -0.294 e. The number of carbonyl (C=O) groups is 1. The molecular weight excluding hydrogens is 285 g/mol. The smallest absolute Gasteiger partial charge is 0.294 e. The van der Waals surface area contributed by atoms with E-state index in [4.69, 9.17) is 17.4 Å². The lowest BCUT2D eigenvalue weighted by Crippen LogP contribution is -2.30.